The number of carbonyl (C=O) groups excluding carboxylic acids is 3. The molecule has 0 aliphatic carbocycles. The van der Waals surface area contributed by atoms with Gasteiger partial charge in [-0.25, -0.2) is 0 Å². The van der Waals surface area contributed by atoms with Gasteiger partial charge in [-0.1, -0.05) is 141 Å². The van der Waals surface area contributed by atoms with Crippen molar-refractivity contribution in [2.45, 2.75) is 200 Å². The van der Waals surface area contributed by atoms with Gasteiger partial charge in [0.1, 0.15) is 42.8 Å². The molecule has 11 aromatic carbocycles. The number of esters is 3. The van der Waals surface area contributed by atoms with Gasteiger partial charge in [-0.3, -0.25) is 19.2 Å². The summed E-state index contributed by atoms with van der Waals surface area (Å²) < 4.78 is 44.7. The van der Waals surface area contributed by atoms with E-state index in [0.717, 1.165) is 115 Å². The van der Waals surface area contributed by atoms with E-state index < -0.39 is 13.1 Å². The van der Waals surface area contributed by atoms with Crippen molar-refractivity contribution in [2.75, 3.05) is 19.8 Å². The van der Waals surface area contributed by atoms with E-state index in [4.69, 9.17) is 60.8 Å². The molecule has 0 saturated heterocycles. The first kappa shape index (κ1) is 114. The summed E-state index contributed by atoms with van der Waals surface area (Å²) in [5.74, 6) is 0.525. The quantitative estimate of drug-likeness (QED) is 0.0114. The number of hydrogen-bond acceptors (Lipinski definition) is 18. The first-order chi connectivity index (χ1) is 65.1. The number of benzene rings is 11. The number of nitrogens with zero attached hydrogens (tertiary/aromatic N) is 4. The van der Waals surface area contributed by atoms with Crippen LogP contribution in [0.15, 0.2) is 252 Å². The van der Waals surface area contributed by atoms with Gasteiger partial charge in [0.05, 0.1) is 52.1 Å². The van der Waals surface area contributed by atoms with Crippen LogP contribution >= 0.6 is 44.3 Å². The molecule has 0 unspecified atom stereocenters. The van der Waals surface area contributed by atoms with Crippen LogP contribution in [0, 0.1) is 27.7 Å². The first-order valence-electron chi connectivity index (χ1n) is 46.0. The topological polar surface area (TPSA) is 353 Å². The molecule has 4 heterocycles. The number of halogens is 3. The smallest absolute Gasteiger partial charge is 0.870 e. The summed E-state index contributed by atoms with van der Waals surface area (Å²) >= 11 is 7.21. The van der Waals surface area contributed by atoms with E-state index in [1.807, 2.05) is 133 Å². The molecular formula is C111H130BBr2ClLiN7O16. The van der Waals surface area contributed by atoms with Gasteiger partial charge < -0.3 is 94.7 Å². The van der Waals surface area contributed by atoms with Crippen LogP contribution in [0.2, 0.25) is 0 Å². The third-order valence-electron chi connectivity index (χ3n) is 22.7. The fourth-order valence-electron chi connectivity index (χ4n) is 15.8. The molecule has 730 valence electrons. The van der Waals surface area contributed by atoms with Gasteiger partial charge in [0.15, 0.2) is 0 Å². The molecule has 0 bridgehead atoms. The molecule has 4 aromatic heterocycles. The molecule has 0 radical (unpaired) electrons. The molecular weight excluding hydrogens is 1900 g/mol. The number of aliphatic hydroxyl groups is 1. The Morgan fingerprint density at radius 3 is 1.03 bits per heavy atom. The maximum absolute atomic E-state index is 12.1. The van der Waals surface area contributed by atoms with Gasteiger partial charge in [-0.05, 0) is 302 Å². The number of aromatic hydroxyl groups is 1. The zero-order valence-electron chi connectivity index (χ0n) is 82.3. The third-order valence-corrected chi connectivity index (χ3v) is 24.0. The van der Waals surface area contributed by atoms with Crippen LogP contribution in [0.25, 0.3) is 65.9 Å². The number of aromatic nitrogens is 4. The molecule has 139 heavy (non-hydrogen) atoms. The van der Waals surface area contributed by atoms with Gasteiger partial charge in [-0.15, -0.1) is 12.4 Å². The van der Waals surface area contributed by atoms with Crippen molar-refractivity contribution in [3.05, 3.63) is 336 Å². The van der Waals surface area contributed by atoms with Gasteiger partial charge in [0, 0.05) is 143 Å². The zero-order chi connectivity index (χ0) is 98.6. The Balaban J connectivity index is 0.000000236. The number of rotatable bonds is 31. The molecule has 0 aliphatic heterocycles. The Labute approximate surface area is 851 Å². The predicted octanol–water partition coefficient (Wildman–Crippen LogP) is 19.5. The van der Waals surface area contributed by atoms with Gasteiger partial charge in [0.2, 0.25) is 0 Å². The first-order valence-corrected chi connectivity index (χ1v) is 47.6. The minimum Gasteiger partial charge on any atom is -0.870 e. The number of carboxylic acid groups (broad SMARTS) is 1. The SMILES string of the molecule is CC(C)n1ccc2c(Br)cc(CO)cc21.CCOC(=O)Cc1ccc(C)cc1O.CCOC(=O)Cc1ccc(C)cc1OCc1cc(-c2cccc(CN)c2)c2ccn(C(C)C)c2c1.CCOC(=O)Cc1ccc(C)cc1OCc1cc(Br)c2ccn(C(C)C)c2c1.Cc1ccc(CC(=O)O)c(OCc2cc(-c3cccc(CN)c3)c3ccn(C(C)C)c3c2)c1.Cl.NCc1cccc(B(O)O)c1.[Li+].[OH-]. The van der Waals surface area contributed by atoms with Crippen molar-refractivity contribution in [3.8, 4) is 45.3 Å². The minimum atomic E-state index is -1.40. The molecule has 15 aromatic rings. The largest absolute Gasteiger partial charge is 1.00 e. The fourth-order valence-corrected chi connectivity index (χ4v) is 17.1. The van der Waals surface area contributed by atoms with Crippen molar-refractivity contribution >= 4 is 124 Å². The molecule has 0 atom stereocenters. The summed E-state index contributed by atoms with van der Waals surface area (Å²) in [6, 6.07) is 73.3. The molecule has 23 nitrogen and oxygen atoms in total. The third kappa shape index (κ3) is 32.2. The summed E-state index contributed by atoms with van der Waals surface area (Å²) in [5.41, 5.74) is 41.2. The van der Waals surface area contributed by atoms with E-state index in [0.29, 0.717) is 112 Å². The van der Waals surface area contributed by atoms with E-state index in [2.05, 4.69) is 227 Å². The van der Waals surface area contributed by atoms with Crippen molar-refractivity contribution in [1.82, 2.24) is 18.3 Å². The van der Waals surface area contributed by atoms with Crippen LogP contribution in [0.4, 0.5) is 0 Å². The van der Waals surface area contributed by atoms with Crippen LogP contribution in [0.1, 0.15) is 184 Å². The average Bonchev–Trinajstić information content (AvgIpc) is 1.65. The van der Waals surface area contributed by atoms with Crippen molar-refractivity contribution in [3.63, 3.8) is 0 Å². The number of aliphatic carboxylic acids is 1. The van der Waals surface area contributed by atoms with E-state index in [9.17, 15) is 29.4 Å². The van der Waals surface area contributed by atoms with Gasteiger partial charge >= 0.3 is 49.9 Å². The molecule has 28 heteroatoms. The van der Waals surface area contributed by atoms with E-state index >= 15 is 0 Å². The van der Waals surface area contributed by atoms with Crippen LogP contribution in [0.5, 0.6) is 23.0 Å². The summed E-state index contributed by atoms with van der Waals surface area (Å²) in [4.78, 5) is 46.4. The van der Waals surface area contributed by atoms with E-state index in [1.54, 1.807) is 37.3 Å². The van der Waals surface area contributed by atoms with Crippen LogP contribution in [-0.4, -0.2) is 99.9 Å². The second kappa shape index (κ2) is 55.3. The number of carbonyl (C=O) groups is 4. The van der Waals surface area contributed by atoms with Crippen LogP contribution in [0.3, 0.4) is 0 Å². The Kier molecular flexibility index (Phi) is 45.5. The van der Waals surface area contributed by atoms with Crippen LogP contribution in [-0.2, 0) is 105 Å². The average molecular weight is 2030 g/mol. The Morgan fingerprint density at radius 2 is 0.691 bits per heavy atom. The van der Waals surface area contributed by atoms with Crippen LogP contribution < -0.4 is 55.7 Å². The number of hydrogen-bond donors (Lipinski definition) is 8. The van der Waals surface area contributed by atoms with E-state index in [1.165, 1.54) is 38.1 Å². The number of aryl methyl sites for hydroxylation is 4. The molecule has 0 spiro atoms. The number of fused-ring (bicyclic) bond motifs is 4. The van der Waals surface area contributed by atoms with Crippen molar-refractivity contribution in [1.29, 1.82) is 0 Å². The minimum absolute atomic E-state index is 0. The number of aliphatic hydroxyl groups excluding tert-OH is 1. The number of phenols is 1. The summed E-state index contributed by atoms with van der Waals surface area (Å²) in [6.07, 6.45) is 8.93. The predicted molar refractivity (Wildman–Crippen MR) is 562 cm³/mol. The second-order valence-corrected chi connectivity index (χ2v) is 36.3. The molecule has 0 amide bonds. The number of carboxylic acids is 1. The molecule has 12 N–H and O–H groups in total. The monoisotopic (exact) mass is 2030 g/mol. The Hall–Kier alpha value is -11.7. The normalized spacial score (nSPS) is 10.8. The number of nitrogens with two attached hydrogens (primary N) is 3. The number of phenolic OH excluding ortho intramolecular Hbond substituents is 1. The maximum atomic E-state index is 12.1. The summed E-state index contributed by atoms with van der Waals surface area (Å²) in [6.45, 7) is 34.4. The van der Waals surface area contributed by atoms with E-state index in [-0.39, 0.29) is 92.7 Å². The van der Waals surface area contributed by atoms with Gasteiger partial charge in [0.25, 0.3) is 0 Å². The number of ether oxygens (including phenoxy) is 6. The summed E-state index contributed by atoms with van der Waals surface area (Å²) in [7, 11) is -1.40. The molecule has 15 rings (SSSR count). The maximum Gasteiger partial charge on any atom is 1.00 e. The second-order valence-electron chi connectivity index (χ2n) is 34.6. The molecule has 0 aliphatic rings. The zero-order valence-corrected chi connectivity index (χ0v) is 86.3. The summed E-state index contributed by atoms with van der Waals surface area (Å²) in [5, 5.41) is 50.2. The van der Waals surface area contributed by atoms with Gasteiger partial charge in [-0.2, -0.15) is 0 Å². The van der Waals surface area contributed by atoms with Crippen molar-refractivity contribution < 1.29 is 97.3 Å². The standard InChI is InChI=1S/C30H34N2O3.C28H30N2O3.C23H26BrNO3.C12H14BrNO.C11H14O3.C7H10BNO2.ClH.Li.H2O/c1-5-34-30(33)17-25-10-9-21(4)13-29(25)35-19-23-15-27(24-8-6-7-22(14-24)18-31)26-11-12-32(20(2)3)28(26)16-23;1-18(2)30-10-9-24-25(22-6-4-5-20(12-22)16-29)13-21(14-26(24)30)17-33-27-11-19(3)7-8-23(27)15-28(31)32;1-5-27-23(26)13-18-7-6-16(4)10-22(18)28-14-17-11-20(24)19-8-9-25(15(2)3)21(19)12-17;1-8(2)14-4-3-10-11(13)5-9(7-15)6-12(10)14;1-3-14-11(13)7-9-5-4-8(2)6-10(9)12;9-5-6-2-1-3-7(4-6)8(10)11;;;/h6-16,20H,5,17-19,31H2,1-4H3;4-14,18H,15-17,29H2,1-3H3,(H,31,32);6-12,15H,5,13-14H2,1-4H3;3-6,8,15H,7H2,1-2H3;4-6,12H,3,7H2,1-2H3;1-4,10-11H,5,9H2;1H;;1H2/q;;;;;;;+1;/p-1. The molecule has 0 fully saturated rings. The fraction of sp³-hybridized carbons (Fsp3) is 0.297. The van der Waals surface area contributed by atoms with Crippen molar-refractivity contribution in [2.24, 2.45) is 17.2 Å². The molecule has 0 saturated carbocycles. The Morgan fingerprint density at radius 1 is 0.381 bits per heavy atom. The Bertz CT molecular complexity index is 6610.